The Morgan fingerprint density at radius 2 is 2.14 bits per heavy atom. The van der Waals surface area contributed by atoms with Crippen molar-refractivity contribution in [2.75, 3.05) is 13.7 Å². The molecule has 3 unspecified atom stereocenters. The Morgan fingerprint density at radius 3 is 2.67 bits per heavy atom. The van der Waals surface area contributed by atoms with Crippen LogP contribution in [-0.2, 0) is 4.74 Å². The highest BCUT2D eigenvalue weighted by Gasteiger charge is 2.48. The van der Waals surface area contributed by atoms with Gasteiger partial charge in [-0.15, -0.1) is 0 Å². The number of hydrogen-bond acceptors (Lipinski definition) is 4. The fraction of sp³-hybridized carbons (Fsp3) is 0.562. The molecule has 116 valence electrons. The summed E-state index contributed by atoms with van der Waals surface area (Å²) >= 11 is 0. The van der Waals surface area contributed by atoms with Crippen LogP contribution >= 0.6 is 0 Å². The summed E-state index contributed by atoms with van der Waals surface area (Å²) in [7, 11) is 1.76. The molecule has 0 amide bonds. The summed E-state index contributed by atoms with van der Waals surface area (Å²) in [5, 5.41) is 15.7. The van der Waals surface area contributed by atoms with Gasteiger partial charge >= 0.3 is 0 Å². The normalized spacial score (nSPS) is 26.1. The summed E-state index contributed by atoms with van der Waals surface area (Å²) in [6.07, 6.45) is 1.27. The lowest BCUT2D eigenvalue weighted by Crippen LogP contribution is -2.61. The third-order valence-corrected chi connectivity index (χ3v) is 4.71. The monoisotopic (exact) mass is 291 g/mol. The van der Waals surface area contributed by atoms with Gasteiger partial charge < -0.3 is 21.0 Å². The fourth-order valence-electron chi connectivity index (χ4n) is 3.04. The Labute approximate surface area is 126 Å². The van der Waals surface area contributed by atoms with Crippen LogP contribution in [0.4, 0.5) is 0 Å². The van der Waals surface area contributed by atoms with Crippen LogP contribution in [-0.4, -0.2) is 36.8 Å². The average Bonchev–Trinajstić information content (AvgIpc) is 2.50. The van der Waals surface area contributed by atoms with Gasteiger partial charge in [0.15, 0.2) is 0 Å². The van der Waals surface area contributed by atoms with Gasteiger partial charge in [-0.1, -0.05) is 49.3 Å². The topological polar surface area (TPSA) is 79.9 Å². The molecule has 0 saturated heterocycles. The summed E-state index contributed by atoms with van der Waals surface area (Å²) in [6.45, 7) is 5.04. The zero-order valence-corrected chi connectivity index (χ0v) is 12.9. The van der Waals surface area contributed by atoms with Crippen molar-refractivity contribution in [3.63, 3.8) is 0 Å². The Morgan fingerprint density at radius 1 is 1.48 bits per heavy atom. The number of hydrogen-bond donors (Lipinski definition) is 3. The molecule has 1 aromatic carbocycles. The highest BCUT2D eigenvalue weighted by molar-refractivity contribution is 5.87. The minimum Gasteiger partial charge on any atom is -0.409 e. The largest absolute Gasteiger partial charge is 0.409 e. The summed E-state index contributed by atoms with van der Waals surface area (Å²) in [4.78, 5) is 0. The molecule has 4 N–H and O–H groups in total. The second-order valence-corrected chi connectivity index (χ2v) is 6.23. The van der Waals surface area contributed by atoms with E-state index in [2.05, 4.69) is 24.3 Å². The summed E-state index contributed by atoms with van der Waals surface area (Å²) < 4.78 is 5.46. The van der Waals surface area contributed by atoms with Gasteiger partial charge in [0.05, 0.1) is 12.0 Å². The van der Waals surface area contributed by atoms with Gasteiger partial charge in [-0.3, -0.25) is 0 Å². The Balaban J connectivity index is 2.02. The maximum absolute atomic E-state index is 9.00. The van der Waals surface area contributed by atoms with Crippen LogP contribution in [0.1, 0.15) is 31.7 Å². The highest BCUT2D eigenvalue weighted by atomic mass is 16.5. The first-order valence-electron chi connectivity index (χ1n) is 7.29. The molecular formula is C16H25N3O2. The van der Waals surface area contributed by atoms with Gasteiger partial charge in [-0.25, -0.2) is 0 Å². The van der Waals surface area contributed by atoms with Crippen molar-refractivity contribution >= 4 is 5.84 Å². The molecule has 0 radical (unpaired) electrons. The first-order chi connectivity index (χ1) is 10.0. The van der Waals surface area contributed by atoms with Crippen LogP contribution < -0.4 is 11.1 Å². The lowest BCUT2D eigenvalue weighted by Gasteiger charge is -2.51. The zero-order chi connectivity index (χ0) is 15.5. The Bertz CT molecular complexity index is 488. The molecule has 0 bridgehead atoms. The maximum Gasteiger partial charge on any atom is 0.147 e. The van der Waals surface area contributed by atoms with Gasteiger partial charge in [0.25, 0.3) is 0 Å². The molecule has 1 aliphatic rings. The molecular weight excluding hydrogens is 266 g/mol. The zero-order valence-electron chi connectivity index (χ0n) is 12.9. The third kappa shape index (κ3) is 3.19. The molecule has 21 heavy (non-hydrogen) atoms. The van der Waals surface area contributed by atoms with Gasteiger partial charge in [0.1, 0.15) is 5.84 Å². The second-order valence-electron chi connectivity index (χ2n) is 6.23. The van der Waals surface area contributed by atoms with Crippen LogP contribution in [0.5, 0.6) is 0 Å². The van der Waals surface area contributed by atoms with Crippen molar-refractivity contribution in [2.24, 2.45) is 16.3 Å². The van der Waals surface area contributed by atoms with E-state index in [1.165, 1.54) is 0 Å². The number of benzene rings is 1. The van der Waals surface area contributed by atoms with Crippen molar-refractivity contribution in [1.82, 2.24) is 5.32 Å². The molecule has 0 aromatic heterocycles. The number of ether oxygens (including phenoxy) is 1. The summed E-state index contributed by atoms with van der Waals surface area (Å²) in [5.41, 5.74) is 6.99. The SMILES string of the molecule is COC1CC(NCC(/C(N)=N/O)c2ccccc2)C1(C)C. The van der Waals surface area contributed by atoms with E-state index in [0.717, 1.165) is 12.0 Å². The standard InChI is InChI=1S/C16H25N3O2/c1-16(2)13(9-14(16)21-3)18-10-12(15(17)19-20)11-7-5-4-6-8-11/h4-8,12-14,18,20H,9-10H2,1-3H3,(H2,17,19). The molecule has 5 heteroatoms. The number of nitrogens with zero attached hydrogens (tertiary/aromatic N) is 1. The van der Waals surface area contributed by atoms with Gasteiger partial charge in [0.2, 0.25) is 0 Å². The summed E-state index contributed by atoms with van der Waals surface area (Å²) in [5.74, 6) is 0.0997. The average molecular weight is 291 g/mol. The van der Waals surface area contributed by atoms with Gasteiger partial charge in [-0.2, -0.15) is 0 Å². The molecule has 1 saturated carbocycles. The van der Waals surface area contributed by atoms with Crippen LogP contribution in [0, 0.1) is 5.41 Å². The molecule has 0 heterocycles. The molecule has 2 rings (SSSR count). The predicted molar refractivity (Wildman–Crippen MR) is 83.6 cm³/mol. The van der Waals surface area contributed by atoms with Crippen molar-refractivity contribution in [3.8, 4) is 0 Å². The van der Waals surface area contributed by atoms with E-state index < -0.39 is 0 Å². The predicted octanol–water partition coefficient (Wildman–Crippen LogP) is 1.92. The van der Waals surface area contributed by atoms with E-state index in [0.29, 0.717) is 12.6 Å². The van der Waals surface area contributed by atoms with Crippen LogP contribution in [0.25, 0.3) is 0 Å². The van der Waals surface area contributed by atoms with Crippen molar-refractivity contribution < 1.29 is 9.94 Å². The molecule has 5 nitrogen and oxygen atoms in total. The first-order valence-corrected chi connectivity index (χ1v) is 7.29. The molecule has 1 fully saturated rings. The molecule has 0 spiro atoms. The van der Waals surface area contributed by atoms with E-state index >= 15 is 0 Å². The molecule has 1 aromatic rings. The van der Waals surface area contributed by atoms with E-state index in [1.807, 2.05) is 30.3 Å². The number of nitrogens with one attached hydrogen (secondary N) is 1. The minimum atomic E-state index is -0.131. The Kier molecular flexibility index (Phi) is 4.85. The molecule has 3 atom stereocenters. The number of rotatable bonds is 6. The van der Waals surface area contributed by atoms with Crippen LogP contribution in [0.15, 0.2) is 35.5 Å². The van der Waals surface area contributed by atoms with Crippen LogP contribution in [0.3, 0.4) is 0 Å². The van der Waals surface area contributed by atoms with Crippen molar-refractivity contribution in [1.29, 1.82) is 0 Å². The summed E-state index contributed by atoms with van der Waals surface area (Å²) in [6, 6.07) is 10.2. The maximum atomic E-state index is 9.00. The second kappa shape index (κ2) is 6.45. The first kappa shape index (κ1) is 15.8. The van der Waals surface area contributed by atoms with Gasteiger partial charge in [0, 0.05) is 25.1 Å². The fourth-order valence-corrected chi connectivity index (χ4v) is 3.04. The van der Waals surface area contributed by atoms with E-state index in [1.54, 1.807) is 7.11 Å². The number of nitrogens with two attached hydrogens (primary N) is 1. The quantitative estimate of drug-likeness (QED) is 0.324. The van der Waals surface area contributed by atoms with Crippen LogP contribution in [0.2, 0.25) is 0 Å². The highest BCUT2D eigenvalue weighted by Crippen LogP contribution is 2.42. The number of methoxy groups -OCH3 is 1. The van der Waals surface area contributed by atoms with E-state index in [-0.39, 0.29) is 23.3 Å². The van der Waals surface area contributed by atoms with E-state index in [9.17, 15) is 0 Å². The lowest BCUT2D eigenvalue weighted by molar-refractivity contribution is -0.0972. The Hall–Kier alpha value is -1.59. The molecule has 1 aliphatic carbocycles. The number of oxime groups is 1. The lowest BCUT2D eigenvalue weighted by atomic mass is 9.64. The van der Waals surface area contributed by atoms with Crippen molar-refractivity contribution in [2.45, 2.75) is 38.3 Å². The van der Waals surface area contributed by atoms with E-state index in [4.69, 9.17) is 15.7 Å². The number of amidine groups is 1. The van der Waals surface area contributed by atoms with Gasteiger partial charge in [-0.05, 0) is 12.0 Å². The smallest absolute Gasteiger partial charge is 0.147 e. The minimum absolute atomic E-state index is 0.0983. The third-order valence-electron chi connectivity index (χ3n) is 4.71. The molecule has 0 aliphatic heterocycles. The van der Waals surface area contributed by atoms with Crippen molar-refractivity contribution in [3.05, 3.63) is 35.9 Å².